The smallest absolute Gasteiger partial charge is 0.407 e. The molecule has 15 heteroatoms. The Hall–Kier alpha value is -7.97. The zero-order chi connectivity index (χ0) is 64.7. The maximum atomic E-state index is 14.0. The normalized spacial score (nSPS) is 21.4. The Balaban J connectivity index is 1.04. The zero-order valence-electron chi connectivity index (χ0n) is 53.7. The number of nitrogens with one attached hydrogen (secondary N) is 1. The fraction of sp³-hybridized carbons (Fsp3) is 0.304. The Kier molecular flexibility index (Phi) is 24.3. The maximum Gasteiger partial charge on any atom is 0.407 e. The molecule has 0 bridgehead atoms. The minimum atomic E-state index is -3.27. The van der Waals surface area contributed by atoms with Crippen LogP contribution in [0.5, 0.6) is 0 Å². The van der Waals surface area contributed by atoms with Gasteiger partial charge in [0.2, 0.25) is 5.79 Å². The summed E-state index contributed by atoms with van der Waals surface area (Å²) in [6.45, 7) is 7.28. The highest BCUT2D eigenvalue weighted by atomic mass is 28.4. The van der Waals surface area contributed by atoms with Crippen molar-refractivity contribution in [3.63, 3.8) is 0 Å². The predicted molar refractivity (Wildman–Crippen MR) is 363 cm³/mol. The summed E-state index contributed by atoms with van der Waals surface area (Å²) >= 11 is 0. The summed E-state index contributed by atoms with van der Waals surface area (Å²) in [6.07, 6.45) is -8.82. The molecule has 0 aromatic heterocycles. The summed E-state index contributed by atoms with van der Waals surface area (Å²) in [5, 5.41) is 4.80. The van der Waals surface area contributed by atoms with Crippen LogP contribution in [-0.4, -0.2) is 95.8 Å². The molecule has 2 aliphatic heterocycles. The van der Waals surface area contributed by atoms with Gasteiger partial charge in [0.15, 0.2) is 6.29 Å². The van der Waals surface area contributed by atoms with E-state index in [0.29, 0.717) is 0 Å². The molecule has 9 aromatic rings. The molecule has 9 atom stereocenters. The second kappa shape index (κ2) is 33.9. The Morgan fingerprint density at radius 2 is 0.798 bits per heavy atom. The molecule has 2 saturated heterocycles. The number of alkyl carbamates (subject to hydrolysis) is 1. The summed E-state index contributed by atoms with van der Waals surface area (Å²) in [6, 6.07) is 90.1. The second-order valence-corrected chi connectivity index (χ2v) is 28.9. The van der Waals surface area contributed by atoms with E-state index < -0.39 is 74.3 Å². The molecular weight excluding hydrogens is 1200 g/mol. The van der Waals surface area contributed by atoms with Gasteiger partial charge in [-0.15, -0.1) is 0 Å². The molecule has 94 heavy (non-hydrogen) atoms. The fourth-order valence-electron chi connectivity index (χ4n) is 12.3. The van der Waals surface area contributed by atoms with E-state index in [9.17, 15) is 4.79 Å². The molecule has 2 fully saturated rings. The minimum absolute atomic E-state index is 0.0306. The van der Waals surface area contributed by atoms with Crippen LogP contribution in [0.15, 0.2) is 273 Å². The highest BCUT2D eigenvalue weighted by molar-refractivity contribution is 6.99. The van der Waals surface area contributed by atoms with Crippen molar-refractivity contribution in [3.05, 3.63) is 312 Å². The number of carbonyl (C=O) groups excluding carboxylic acids is 1. The molecule has 9 aromatic carbocycles. The molecular formula is C79H85NO13Si. The van der Waals surface area contributed by atoms with Crippen LogP contribution in [0, 0.1) is 0 Å². The van der Waals surface area contributed by atoms with E-state index in [1.54, 1.807) is 0 Å². The van der Waals surface area contributed by atoms with Crippen LogP contribution < -0.4 is 15.7 Å². The number of carbonyl (C=O) groups is 1. The quantitative estimate of drug-likeness (QED) is 0.0243. The Bertz CT molecular complexity index is 3570. The van der Waals surface area contributed by atoms with Gasteiger partial charge in [0.25, 0.3) is 8.32 Å². The van der Waals surface area contributed by atoms with Gasteiger partial charge in [0, 0.05) is 6.54 Å². The lowest BCUT2D eigenvalue weighted by atomic mass is 9.96. The Labute approximate surface area is 554 Å². The summed E-state index contributed by atoms with van der Waals surface area (Å²) in [5.74, 6) is -1.92. The van der Waals surface area contributed by atoms with Crippen molar-refractivity contribution in [3.8, 4) is 0 Å². The first-order valence-electron chi connectivity index (χ1n) is 32.3. The van der Waals surface area contributed by atoms with E-state index in [-0.39, 0.29) is 72.8 Å². The van der Waals surface area contributed by atoms with Crippen molar-refractivity contribution in [1.29, 1.82) is 0 Å². The van der Waals surface area contributed by atoms with E-state index in [1.165, 1.54) is 0 Å². The molecule has 2 aliphatic rings. The molecule has 14 nitrogen and oxygen atoms in total. The molecule has 11 rings (SSSR count). The first kappa shape index (κ1) is 67.4. The van der Waals surface area contributed by atoms with Crippen LogP contribution in [0.4, 0.5) is 4.79 Å². The zero-order valence-corrected chi connectivity index (χ0v) is 54.7. The van der Waals surface area contributed by atoms with Gasteiger partial charge in [0.05, 0.1) is 46.2 Å². The summed E-state index contributed by atoms with van der Waals surface area (Å²) in [4.78, 5) is 14.0. The molecule has 2 heterocycles. The van der Waals surface area contributed by atoms with Crippen LogP contribution in [0.25, 0.3) is 0 Å². The second-order valence-electron chi connectivity index (χ2n) is 24.6. The summed E-state index contributed by atoms with van der Waals surface area (Å²) < 4.78 is 86.0. The largest absolute Gasteiger partial charge is 0.445 e. The van der Waals surface area contributed by atoms with E-state index >= 15 is 0 Å². The predicted octanol–water partition coefficient (Wildman–Crippen LogP) is 13.4. The molecule has 0 radical (unpaired) electrons. The monoisotopic (exact) mass is 1280 g/mol. The Morgan fingerprint density at radius 1 is 0.426 bits per heavy atom. The maximum absolute atomic E-state index is 14.0. The number of ether oxygens (including phenoxy) is 11. The van der Waals surface area contributed by atoms with E-state index in [4.69, 9.17) is 56.5 Å². The summed E-state index contributed by atoms with van der Waals surface area (Å²) in [5.41, 5.74) is 6.34. The molecule has 1 amide bonds. The van der Waals surface area contributed by atoms with Crippen molar-refractivity contribution < 1.29 is 61.3 Å². The molecule has 0 unspecified atom stereocenters. The first-order valence-corrected chi connectivity index (χ1v) is 34.2. The van der Waals surface area contributed by atoms with Gasteiger partial charge >= 0.3 is 6.09 Å². The standard InChI is InChI=1S/C79H85NO13Si/c1-78(2,3)94(67-45-27-11-28-46-67,68-47-29-12-30-48-68)90-57-70-72(85-52-62-35-17-6-18-36-62)75(88-55-65-41-23-9-24-42-65)79(92-70,58-83-59-82-50-60-31-13-4-14-32-60)93-76-74(87-54-64-39-21-8-22-40-64)73(86-53-63-37-19-7-20-38-63)71(84-51-61-33-15-5-16-34-61)69(91-76)49-80-77(81)89-56-66-43-25-10-26-44-66/h4-48,69-76H,49-59H2,1-3H3,(H,80,81)/t69-,70-,71-,72-,73+,74-,75+,76-,79+/m1/s1. The average Bonchev–Trinajstić information content (AvgIpc) is 1.55. The first-order chi connectivity index (χ1) is 46.1. The lowest BCUT2D eigenvalue weighted by Gasteiger charge is -2.48. The van der Waals surface area contributed by atoms with Crippen molar-refractivity contribution in [2.45, 2.75) is 127 Å². The third-order valence-electron chi connectivity index (χ3n) is 16.9. The molecule has 1 N–H and O–H groups in total. The molecule has 0 aliphatic carbocycles. The SMILES string of the molecule is CC(C)(C)[Si](OC[C@H]1O[C@@](COCOCc2ccccc2)(O[C@H]2O[C@H](CNC(=O)OCc3ccccc3)[C@@H](OCc3ccccc3)[C@H](OCc3ccccc3)[C@H]2OCc2ccccc2)[C@@H](OCc2ccccc2)[C@@H]1OCc1ccccc1)(c1ccccc1)c1ccccc1. The van der Waals surface area contributed by atoms with Gasteiger partial charge in [-0.1, -0.05) is 294 Å². The van der Waals surface area contributed by atoms with Crippen molar-refractivity contribution >= 4 is 24.8 Å². The highest BCUT2D eigenvalue weighted by Crippen LogP contribution is 2.44. The van der Waals surface area contributed by atoms with Crippen LogP contribution in [0.3, 0.4) is 0 Å². The van der Waals surface area contributed by atoms with Crippen molar-refractivity contribution in [1.82, 2.24) is 5.32 Å². The van der Waals surface area contributed by atoms with Crippen LogP contribution in [0.1, 0.15) is 59.7 Å². The van der Waals surface area contributed by atoms with Crippen LogP contribution in [0.2, 0.25) is 5.04 Å². The average molecular weight is 1280 g/mol. The van der Waals surface area contributed by atoms with Gasteiger partial charge in [-0.3, -0.25) is 0 Å². The van der Waals surface area contributed by atoms with Gasteiger partial charge in [0.1, 0.15) is 62.7 Å². The summed E-state index contributed by atoms with van der Waals surface area (Å²) in [7, 11) is -3.27. The lowest BCUT2D eigenvalue weighted by molar-refractivity contribution is -0.397. The van der Waals surface area contributed by atoms with Gasteiger partial charge in [-0.2, -0.15) is 0 Å². The Morgan fingerprint density at radius 3 is 1.23 bits per heavy atom. The third-order valence-corrected chi connectivity index (χ3v) is 21.9. The molecule has 0 saturated carbocycles. The van der Waals surface area contributed by atoms with Crippen molar-refractivity contribution in [2.24, 2.45) is 0 Å². The fourth-order valence-corrected chi connectivity index (χ4v) is 16.8. The van der Waals surface area contributed by atoms with Gasteiger partial charge < -0.3 is 61.8 Å². The number of hydrogen-bond donors (Lipinski definition) is 1. The van der Waals surface area contributed by atoms with Crippen LogP contribution in [-0.2, 0) is 103 Å². The molecule has 488 valence electrons. The number of rotatable bonds is 32. The van der Waals surface area contributed by atoms with Crippen LogP contribution >= 0.6 is 0 Å². The van der Waals surface area contributed by atoms with Crippen molar-refractivity contribution in [2.75, 3.05) is 26.6 Å². The highest BCUT2D eigenvalue weighted by Gasteiger charge is 2.63. The van der Waals surface area contributed by atoms with E-state index in [1.807, 2.05) is 224 Å². The molecule has 0 spiro atoms. The number of hydrogen-bond acceptors (Lipinski definition) is 13. The third kappa shape index (κ3) is 18.1. The minimum Gasteiger partial charge on any atom is -0.445 e. The van der Waals surface area contributed by atoms with E-state index in [0.717, 1.165) is 49.3 Å². The van der Waals surface area contributed by atoms with Gasteiger partial charge in [-0.05, 0) is 54.4 Å². The topological polar surface area (TPSA) is 140 Å². The van der Waals surface area contributed by atoms with Gasteiger partial charge in [-0.25, -0.2) is 4.79 Å². The number of benzene rings is 9. The lowest BCUT2D eigenvalue weighted by Crippen LogP contribution is -2.67. The van der Waals surface area contributed by atoms with E-state index in [2.05, 4.69) is 74.6 Å². The number of amides is 1.